The zero-order valence-corrected chi connectivity index (χ0v) is 31.3. The number of para-hydroxylation sites is 2. The topological polar surface area (TPSA) is 55.1 Å². The van der Waals surface area contributed by atoms with Crippen LogP contribution in [0.25, 0.3) is 88.8 Å². The summed E-state index contributed by atoms with van der Waals surface area (Å²) in [5.74, 6) is 1.89. The molecule has 11 rings (SSSR count). The Kier molecular flexibility index (Phi) is 8.07. The Morgan fingerprint density at radius 2 is 0.931 bits per heavy atom. The number of fused-ring (bicyclic) bond motifs is 5. The van der Waals surface area contributed by atoms with Gasteiger partial charge in [-0.1, -0.05) is 146 Å². The maximum Gasteiger partial charge on any atom is 0.164 e. The number of hydrogen-bond donors (Lipinski definition) is 0. The molecule has 5 heteroatoms. The Labute approximate surface area is 335 Å². The summed E-state index contributed by atoms with van der Waals surface area (Å²) in [6.45, 7) is 0. The maximum atomic E-state index is 6.67. The Morgan fingerprint density at radius 3 is 1.67 bits per heavy atom. The highest BCUT2D eigenvalue weighted by Crippen LogP contribution is 2.43. The van der Waals surface area contributed by atoms with E-state index in [1.54, 1.807) is 0 Å². The third-order valence-corrected chi connectivity index (χ3v) is 10.9. The molecule has 2 aromatic heterocycles. The average Bonchev–Trinajstić information content (AvgIpc) is 3.68. The molecule has 11 aromatic rings. The summed E-state index contributed by atoms with van der Waals surface area (Å²) in [5, 5.41) is 6.62. The summed E-state index contributed by atoms with van der Waals surface area (Å²) in [6, 6.07) is 71.5. The van der Waals surface area contributed by atoms with Gasteiger partial charge >= 0.3 is 0 Å². The minimum Gasteiger partial charge on any atom is -0.456 e. The molecule has 272 valence electrons. The van der Waals surface area contributed by atoms with Crippen LogP contribution in [0.5, 0.6) is 0 Å². The van der Waals surface area contributed by atoms with Gasteiger partial charge in [-0.25, -0.2) is 15.0 Å². The molecule has 0 fully saturated rings. The lowest BCUT2D eigenvalue weighted by Gasteiger charge is -2.25. The first-order chi connectivity index (χ1) is 28.7. The zero-order valence-electron chi connectivity index (χ0n) is 31.3. The first kappa shape index (κ1) is 33.4. The van der Waals surface area contributed by atoms with Gasteiger partial charge in [0.15, 0.2) is 17.5 Å². The number of furan rings is 1. The standard InChI is InChI=1S/C53H34N4O/c1-4-16-36(17-5-1)51-54-52(38-28-27-35-15-10-11-18-37(35)33-38)56-53(55-51)46-32-31-44(42-23-12-13-24-43(42)46)45-25-14-26-48-50(45)47-30-29-41(34-49(47)58-48)57(39-19-6-2-7-20-39)40-21-8-3-9-22-40/h1-34H. The maximum absolute atomic E-state index is 6.67. The van der Waals surface area contributed by atoms with Crippen LogP contribution < -0.4 is 4.90 Å². The van der Waals surface area contributed by atoms with Crippen molar-refractivity contribution < 1.29 is 4.42 Å². The lowest BCUT2D eigenvalue weighted by Crippen LogP contribution is -2.09. The van der Waals surface area contributed by atoms with E-state index in [0.717, 1.165) is 83.0 Å². The highest BCUT2D eigenvalue weighted by molar-refractivity contribution is 6.17. The van der Waals surface area contributed by atoms with Crippen LogP contribution in [-0.4, -0.2) is 15.0 Å². The third kappa shape index (κ3) is 5.85. The van der Waals surface area contributed by atoms with Gasteiger partial charge in [-0.05, 0) is 87.3 Å². The fourth-order valence-electron chi connectivity index (χ4n) is 8.18. The van der Waals surface area contributed by atoms with Crippen molar-refractivity contribution in [2.24, 2.45) is 0 Å². The van der Waals surface area contributed by atoms with E-state index in [0.29, 0.717) is 17.5 Å². The van der Waals surface area contributed by atoms with Crippen molar-refractivity contribution in [2.45, 2.75) is 0 Å². The number of benzene rings is 9. The lowest BCUT2D eigenvalue weighted by molar-refractivity contribution is 0.669. The van der Waals surface area contributed by atoms with Crippen molar-refractivity contribution in [3.63, 3.8) is 0 Å². The van der Waals surface area contributed by atoms with Crippen LogP contribution in [0.4, 0.5) is 17.1 Å². The van der Waals surface area contributed by atoms with Gasteiger partial charge in [0.25, 0.3) is 0 Å². The lowest BCUT2D eigenvalue weighted by atomic mass is 9.92. The molecule has 0 unspecified atom stereocenters. The fraction of sp³-hybridized carbons (Fsp3) is 0. The summed E-state index contributed by atoms with van der Waals surface area (Å²) in [4.78, 5) is 17.6. The van der Waals surface area contributed by atoms with Crippen LogP contribution in [0.3, 0.4) is 0 Å². The monoisotopic (exact) mass is 742 g/mol. The van der Waals surface area contributed by atoms with Gasteiger partial charge in [0, 0.05) is 50.6 Å². The minimum absolute atomic E-state index is 0.626. The van der Waals surface area contributed by atoms with Gasteiger partial charge in [-0.2, -0.15) is 0 Å². The van der Waals surface area contributed by atoms with E-state index in [-0.39, 0.29) is 0 Å². The highest BCUT2D eigenvalue weighted by Gasteiger charge is 2.20. The number of rotatable bonds is 7. The largest absolute Gasteiger partial charge is 0.456 e. The van der Waals surface area contributed by atoms with Crippen LogP contribution in [0.15, 0.2) is 211 Å². The van der Waals surface area contributed by atoms with E-state index in [2.05, 4.69) is 169 Å². The second-order valence-electron chi connectivity index (χ2n) is 14.4. The summed E-state index contributed by atoms with van der Waals surface area (Å²) >= 11 is 0. The van der Waals surface area contributed by atoms with E-state index in [1.807, 2.05) is 42.5 Å². The highest BCUT2D eigenvalue weighted by atomic mass is 16.3. The second-order valence-corrected chi connectivity index (χ2v) is 14.4. The SMILES string of the molecule is c1ccc(-c2nc(-c3ccc4ccccc4c3)nc(-c3ccc(-c4cccc5oc6cc(N(c7ccccc7)c7ccccc7)ccc6c45)c4ccccc34)n2)cc1. The molecule has 0 saturated carbocycles. The van der Waals surface area contributed by atoms with Gasteiger partial charge in [0.05, 0.1) is 0 Å². The normalized spacial score (nSPS) is 11.4. The molecule has 2 heterocycles. The summed E-state index contributed by atoms with van der Waals surface area (Å²) in [7, 11) is 0. The van der Waals surface area contributed by atoms with E-state index < -0.39 is 0 Å². The van der Waals surface area contributed by atoms with Gasteiger partial charge in [-0.3, -0.25) is 0 Å². The molecule has 0 amide bonds. The van der Waals surface area contributed by atoms with E-state index in [1.165, 1.54) is 5.39 Å². The molecule has 0 atom stereocenters. The molecule has 9 aromatic carbocycles. The van der Waals surface area contributed by atoms with Crippen LogP contribution in [0, 0.1) is 0 Å². The molecular formula is C53H34N4O. The Morgan fingerprint density at radius 1 is 0.328 bits per heavy atom. The Balaban J connectivity index is 1.06. The van der Waals surface area contributed by atoms with Crippen LogP contribution in [0.2, 0.25) is 0 Å². The first-order valence-electron chi connectivity index (χ1n) is 19.4. The van der Waals surface area contributed by atoms with Crippen LogP contribution in [0.1, 0.15) is 0 Å². The van der Waals surface area contributed by atoms with Crippen molar-refractivity contribution in [1.29, 1.82) is 0 Å². The van der Waals surface area contributed by atoms with Crippen molar-refractivity contribution in [3.05, 3.63) is 206 Å². The van der Waals surface area contributed by atoms with Gasteiger partial charge in [-0.15, -0.1) is 0 Å². The predicted octanol–water partition coefficient (Wildman–Crippen LogP) is 14.2. The molecule has 0 bridgehead atoms. The fourth-order valence-corrected chi connectivity index (χ4v) is 8.18. The summed E-state index contributed by atoms with van der Waals surface area (Å²) in [6.07, 6.45) is 0. The van der Waals surface area contributed by atoms with Crippen molar-refractivity contribution >= 4 is 60.5 Å². The molecule has 0 spiro atoms. The average molecular weight is 743 g/mol. The molecule has 0 radical (unpaired) electrons. The molecule has 5 nitrogen and oxygen atoms in total. The van der Waals surface area contributed by atoms with Gasteiger partial charge < -0.3 is 9.32 Å². The quantitative estimate of drug-likeness (QED) is 0.163. The first-order valence-corrected chi connectivity index (χ1v) is 19.4. The number of hydrogen-bond acceptors (Lipinski definition) is 5. The van der Waals surface area contributed by atoms with Gasteiger partial charge in [0.1, 0.15) is 11.2 Å². The molecule has 0 aliphatic carbocycles. The molecular weight excluding hydrogens is 709 g/mol. The summed E-state index contributed by atoms with van der Waals surface area (Å²) < 4.78 is 6.67. The van der Waals surface area contributed by atoms with Gasteiger partial charge in [0.2, 0.25) is 0 Å². The smallest absolute Gasteiger partial charge is 0.164 e. The van der Waals surface area contributed by atoms with Crippen molar-refractivity contribution in [3.8, 4) is 45.3 Å². The number of anilines is 3. The molecule has 58 heavy (non-hydrogen) atoms. The van der Waals surface area contributed by atoms with E-state index in [4.69, 9.17) is 19.4 Å². The number of nitrogens with zero attached hydrogens (tertiary/aromatic N) is 4. The van der Waals surface area contributed by atoms with Crippen molar-refractivity contribution in [1.82, 2.24) is 15.0 Å². The minimum atomic E-state index is 0.626. The van der Waals surface area contributed by atoms with E-state index in [9.17, 15) is 0 Å². The molecule has 0 N–H and O–H groups in total. The third-order valence-electron chi connectivity index (χ3n) is 10.9. The number of aromatic nitrogens is 3. The second kappa shape index (κ2) is 14.0. The van der Waals surface area contributed by atoms with Crippen molar-refractivity contribution in [2.75, 3.05) is 4.90 Å². The Bertz CT molecular complexity index is 3250. The predicted molar refractivity (Wildman–Crippen MR) is 239 cm³/mol. The Hall–Kier alpha value is -7.89. The molecule has 0 aliphatic heterocycles. The molecule has 0 aliphatic rings. The van der Waals surface area contributed by atoms with Crippen LogP contribution >= 0.6 is 0 Å². The summed E-state index contributed by atoms with van der Waals surface area (Å²) in [5.41, 5.74) is 9.89. The molecule has 0 saturated heterocycles. The van der Waals surface area contributed by atoms with E-state index >= 15 is 0 Å². The van der Waals surface area contributed by atoms with Crippen LogP contribution in [-0.2, 0) is 0 Å². The zero-order chi connectivity index (χ0) is 38.4.